The molecule has 1 unspecified atom stereocenters. The molecule has 1 heterocycles. The number of carboxylic acids is 1. The van der Waals surface area contributed by atoms with E-state index in [1.165, 1.54) is 22.9 Å². The van der Waals surface area contributed by atoms with E-state index in [1.807, 2.05) is 24.3 Å². The van der Waals surface area contributed by atoms with E-state index in [0.29, 0.717) is 25.9 Å². The Balaban J connectivity index is 1.71. The third-order valence-corrected chi connectivity index (χ3v) is 5.52. The lowest BCUT2D eigenvalue weighted by Gasteiger charge is -2.37. The molecule has 0 spiro atoms. The van der Waals surface area contributed by atoms with Gasteiger partial charge in [0.2, 0.25) is 0 Å². The Labute approximate surface area is 158 Å². The van der Waals surface area contributed by atoms with Crippen molar-refractivity contribution in [1.82, 2.24) is 4.90 Å². The minimum Gasteiger partial charge on any atom is -0.481 e. The van der Waals surface area contributed by atoms with Crippen molar-refractivity contribution in [3.05, 3.63) is 83.7 Å². The van der Waals surface area contributed by atoms with Gasteiger partial charge in [0.1, 0.15) is 5.82 Å². The molecule has 0 saturated carbocycles. The van der Waals surface area contributed by atoms with Gasteiger partial charge < -0.3 is 5.11 Å². The van der Waals surface area contributed by atoms with Crippen molar-refractivity contribution in [1.29, 1.82) is 0 Å². The van der Waals surface area contributed by atoms with Crippen LogP contribution in [0.4, 0.5) is 4.39 Å². The first-order valence-corrected chi connectivity index (χ1v) is 9.33. The molecule has 0 aliphatic carbocycles. The first-order chi connectivity index (χ1) is 13.1. The predicted molar refractivity (Wildman–Crippen MR) is 104 cm³/mol. The van der Waals surface area contributed by atoms with Gasteiger partial charge in [-0.3, -0.25) is 9.69 Å². The minimum absolute atomic E-state index is 0.00930. The van der Waals surface area contributed by atoms with Crippen LogP contribution in [0.15, 0.2) is 66.7 Å². The highest BCUT2D eigenvalue weighted by Gasteiger charge is 2.30. The van der Waals surface area contributed by atoms with E-state index in [1.54, 1.807) is 0 Å². The summed E-state index contributed by atoms with van der Waals surface area (Å²) in [5.41, 5.74) is 2.18. The summed E-state index contributed by atoms with van der Waals surface area (Å²) in [6.45, 7) is 1.43. The van der Waals surface area contributed by atoms with Gasteiger partial charge in [0.05, 0.1) is 12.0 Å². The SMILES string of the molecule is O=C(O)C1CCN(C(c2ccc(F)cc2)c2ccc3ccccc3c2)CC1. The molecular formula is C23H22FNO2. The van der Waals surface area contributed by atoms with Crippen LogP contribution in [0.25, 0.3) is 10.8 Å². The van der Waals surface area contributed by atoms with Gasteiger partial charge in [-0.15, -0.1) is 0 Å². The molecule has 4 heteroatoms. The maximum Gasteiger partial charge on any atom is 0.306 e. The van der Waals surface area contributed by atoms with Crippen molar-refractivity contribution in [3.8, 4) is 0 Å². The molecule has 1 saturated heterocycles. The lowest BCUT2D eigenvalue weighted by molar-refractivity contribution is -0.143. The molecule has 1 atom stereocenters. The molecule has 27 heavy (non-hydrogen) atoms. The Morgan fingerprint density at radius 2 is 1.56 bits per heavy atom. The Hall–Kier alpha value is -2.72. The van der Waals surface area contributed by atoms with E-state index in [9.17, 15) is 14.3 Å². The highest BCUT2D eigenvalue weighted by molar-refractivity contribution is 5.83. The number of aliphatic carboxylic acids is 1. The summed E-state index contributed by atoms with van der Waals surface area (Å²) in [6.07, 6.45) is 1.28. The summed E-state index contributed by atoms with van der Waals surface area (Å²) < 4.78 is 13.5. The first kappa shape index (κ1) is 17.7. The Kier molecular flexibility index (Phi) is 4.90. The van der Waals surface area contributed by atoms with Gasteiger partial charge in [-0.25, -0.2) is 4.39 Å². The molecule has 0 amide bonds. The molecule has 3 aromatic rings. The Morgan fingerprint density at radius 3 is 2.22 bits per heavy atom. The molecule has 138 valence electrons. The number of piperidine rings is 1. The number of nitrogens with zero attached hydrogens (tertiary/aromatic N) is 1. The molecule has 4 rings (SSSR count). The zero-order valence-electron chi connectivity index (χ0n) is 15.0. The fourth-order valence-electron chi connectivity index (χ4n) is 4.04. The molecule has 0 aromatic heterocycles. The molecule has 1 aliphatic heterocycles. The smallest absolute Gasteiger partial charge is 0.306 e. The quantitative estimate of drug-likeness (QED) is 0.719. The molecule has 3 aromatic carbocycles. The van der Waals surface area contributed by atoms with Crippen LogP contribution in [-0.4, -0.2) is 29.1 Å². The monoisotopic (exact) mass is 363 g/mol. The van der Waals surface area contributed by atoms with E-state index in [2.05, 4.69) is 35.2 Å². The van der Waals surface area contributed by atoms with Crippen molar-refractivity contribution in [2.75, 3.05) is 13.1 Å². The lowest BCUT2D eigenvalue weighted by Crippen LogP contribution is -2.39. The van der Waals surface area contributed by atoms with Crippen molar-refractivity contribution in [2.45, 2.75) is 18.9 Å². The van der Waals surface area contributed by atoms with Crippen LogP contribution in [0.2, 0.25) is 0 Å². The van der Waals surface area contributed by atoms with E-state index in [-0.39, 0.29) is 17.8 Å². The second-order valence-electron chi connectivity index (χ2n) is 7.21. The van der Waals surface area contributed by atoms with Crippen molar-refractivity contribution >= 4 is 16.7 Å². The third-order valence-electron chi connectivity index (χ3n) is 5.52. The van der Waals surface area contributed by atoms with Gasteiger partial charge in [0.15, 0.2) is 0 Å². The number of benzene rings is 3. The van der Waals surface area contributed by atoms with E-state index in [0.717, 1.165) is 11.1 Å². The standard InChI is InChI=1S/C23H22FNO2/c24-21-9-7-17(8-10-21)22(25-13-11-18(12-14-25)23(26)27)20-6-5-16-3-1-2-4-19(16)15-20/h1-10,15,18,22H,11-14H2,(H,26,27). The maximum atomic E-state index is 13.5. The van der Waals surface area contributed by atoms with Crippen molar-refractivity contribution < 1.29 is 14.3 Å². The average molecular weight is 363 g/mol. The zero-order chi connectivity index (χ0) is 18.8. The average Bonchev–Trinajstić information content (AvgIpc) is 2.70. The summed E-state index contributed by atoms with van der Waals surface area (Å²) in [5.74, 6) is -1.23. The number of hydrogen-bond donors (Lipinski definition) is 1. The zero-order valence-corrected chi connectivity index (χ0v) is 15.0. The Morgan fingerprint density at radius 1 is 0.926 bits per heavy atom. The number of fused-ring (bicyclic) bond motifs is 1. The Bertz CT molecular complexity index is 946. The summed E-state index contributed by atoms with van der Waals surface area (Å²) in [4.78, 5) is 13.6. The highest BCUT2D eigenvalue weighted by atomic mass is 19.1. The normalized spacial score (nSPS) is 17.1. The topological polar surface area (TPSA) is 40.5 Å². The van der Waals surface area contributed by atoms with Crippen LogP contribution >= 0.6 is 0 Å². The summed E-state index contributed by atoms with van der Waals surface area (Å²) in [7, 11) is 0. The fraction of sp³-hybridized carbons (Fsp3) is 0.261. The number of hydrogen-bond acceptors (Lipinski definition) is 2. The van der Waals surface area contributed by atoms with Crippen LogP contribution in [0.5, 0.6) is 0 Å². The number of carboxylic acid groups (broad SMARTS) is 1. The largest absolute Gasteiger partial charge is 0.481 e. The molecule has 0 bridgehead atoms. The molecule has 1 N–H and O–H groups in total. The molecule has 1 aliphatic rings. The first-order valence-electron chi connectivity index (χ1n) is 9.33. The van der Waals surface area contributed by atoms with Crippen LogP contribution in [-0.2, 0) is 4.79 Å². The van der Waals surface area contributed by atoms with Gasteiger partial charge in [-0.2, -0.15) is 0 Å². The molecular weight excluding hydrogens is 341 g/mol. The van der Waals surface area contributed by atoms with Gasteiger partial charge in [0, 0.05) is 0 Å². The number of halogens is 1. The predicted octanol–water partition coefficient (Wildman–Crippen LogP) is 4.86. The molecule has 0 radical (unpaired) electrons. The third kappa shape index (κ3) is 3.71. The summed E-state index contributed by atoms with van der Waals surface area (Å²) in [5, 5.41) is 11.6. The maximum absolute atomic E-state index is 13.5. The molecule has 1 fully saturated rings. The fourth-order valence-corrected chi connectivity index (χ4v) is 4.04. The van der Waals surface area contributed by atoms with Crippen LogP contribution in [0.3, 0.4) is 0 Å². The van der Waals surface area contributed by atoms with Gasteiger partial charge in [-0.1, -0.05) is 48.5 Å². The number of carbonyl (C=O) groups is 1. The van der Waals surface area contributed by atoms with Gasteiger partial charge >= 0.3 is 5.97 Å². The minimum atomic E-state index is -0.710. The van der Waals surface area contributed by atoms with Gasteiger partial charge in [0.25, 0.3) is 0 Å². The van der Waals surface area contributed by atoms with Crippen LogP contribution < -0.4 is 0 Å². The van der Waals surface area contributed by atoms with Crippen molar-refractivity contribution in [3.63, 3.8) is 0 Å². The number of likely N-dealkylation sites (tertiary alicyclic amines) is 1. The second-order valence-corrected chi connectivity index (χ2v) is 7.21. The van der Waals surface area contributed by atoms with E-state index < -0.39 is 5.97 Å². The van der Waals surface area contributed by atoms with Gasteiger partial charge in [-0.05, 0) is 66.0 Å². The highest BCUT2D eigenvalue weighted by Crippen LogP contribution is 2.34. The van der Waals surface area contributed by atoms with E-state index in [4.69, 9.17) is 0 Å². The summed E-state index contributed by atoms with van der Waals surface area (Å²) >= 11 is 0. The van der Waals surface area contributed by atoms with Crippen molar-refractivity contribution in [2.24, 2.45) is 5.92 Å². The lowest BCUT2D eigenvalue weighted by atomic mass is 9.90. The van der Waals surface area contributed by atoms with Crippen LogP contribution in [0, 0.1) is 11.7 Å². The van der Waals surface area contributed by atoms with E-state index >= 15 is 0 Å². The second kappa shape index (κ2) is 7.49. The molecule has 3 nitrogen and oxygen atoms in total. The summed E-state index contributed by atoms with van der Waals surface area (Å²) in [6, 6.07) is 21.3. The number of rotatable bonds is 4. The van der Waals surface area contributed by atoms with Crippen LogP contribution in [0.1, 0.15) is 30.0 Å².